The lowest BCUT2D eigenvalue weighted by atomic mass is 9.95. The highest BCUT2D eigenvalue weighted by Gasteiger charge is 2.23. The van der Waals surface area contributed by atoms with Gasteiger partial charge < -0.3 is 24.9 Å². The van der Waals surface area contributed by atoms with Crippen LogP contribution in [0.15, 0.2) is 46.2 Å². The van der Waals surface area contributed by atoms with E-state index in [1.165, 1.54) is 18.0 Å². The number of carbonyl (C=O) groups excluding carboxylic acids is 2. The minimum Gasteiger partial charge on any atom is -0.490 e. The van der Waals surface area contributed by atoms with Crippen molar-refractivity contribution in [2.45, 2.75) is 44.4 Å². The third kappa shape index (κ3) is 6.16. The number of benzene rings is 1. The molecule has 0 radical (unpaired) electrons. The molecular formula is C24H29N5O5S. The van der Waals surface area contributed by atoms with Crippen molar-refractivity contribution in [2.24, 2.45) is 11.7 Å². The lowest BCUT2D eigenvalue weighted by Gasteiger charge is -2.24. The molecule has 35 heavy (non-hydrogen) atoms. The van der Waals surface area contributed by atoms with Crippen molar-refractivity contribution in [3.63, 3.8) is 0 Å². The second-order valence-electron chi connectivity index (χ2n) is 8.49. The summed E-state index contributed by atoms with van der Waals surface area (Å²) in [6, 6.07) is 9.09. The van der Waals surface area contributed by atoms with Gasteiger partial charge in [0.2, 0.25) is 11.8 Å². The quantitative estimate of drug-likeness (QED) is 0.406. The van der Waals surface area contributed by atoms with E-state index in [0.717, 1.165) is 17.7 Å². The average Bonchev–Trinajstić information content (AvgIpc) is 3.44. The SMILES string of the molecule is CC(C)C(NC(=O)CSc1nnc(-c2ccco2)n1CCC(N)=O)c1ccc2c(c1)OCCCO2. The summed E-state index contributed by atoms with van der Waals surface area (Å²) in [6.07, 6.45) is 2.48. The molecule has 1 aliphatic heterocycles. The first-order valence-electron chi connectivity index (χ1n) is 11.5. The summed E-state index contributed by atoms with van der Waals surface area (Å²) < 4.78 is 18.7. The van der Waals surface area contributed by atoms with Crippen LogP contribution in [-0.4, -0.2) is 45.5 Å². The molecule has 186 valence electrons. The molecule has 3 heterocycles. The molecule has 1 atom stereocenters. The number of aromatic nitrogens is 3. The van der Waals surface area contributed by atoms with Crippen LogP contribution in [-0.2, 0) is 16.1 Å². The van der Waals surface area contributed by atoms with Crippen LogP contribution in [0.1, 0.15) is 38.3 Å². The molecule has 2 aromatic heterocycles. The van der Waals surface area contributed by atoms with E-state index < -0.39 is 5.91 Å². The van der Waals surface area contributed by atoms with Crippen LogP contribution in [0.2, 0.25) is 0 Å². The average molecular weight is 500 g/mol. The van der Waals surface area contributed by atoms with Crippen LogP contribution < -0.4 is 20.5 Å². The smallest absolute Gasteiger partial charge is 0.230 e. The van der Waals surface area contributed by atoms with Crippen molar-refractivity contribution < 1.29 is 23.5 Å². The van der Waals surface area contributed by atoms with Crippen molar-refractivity contribution in [3.8, 4) is 23.1 Å². The van der Waals surface area contributed by atoms with Crippen LogP contribution in [0.4, 0.5) is 0 Å². The van der Waals surface area contributed by atoms with Crippen LogP contribution in [0.5, 0.6) is 11.5 Å². The summed E-state index contributed by atoms with van der Waals surface area (Å²) in [5.74, 6) is 2.11. The molecule has 4 rings (SSSR count). The first-order valence-corrected chi connectivity index (χ1v) is 12.5. The number of primary amides is 1. The van der Waals surface area contributed by atoms with E-state index in [2.05, 4.69) is 29.4 Å². The molecule has 0 spiro atoms. The summed E-state index contributed by atoms with van der Waals surface area (Å²) in [5, 5.41) is 12.0. The minimum atomic E-state index is -0.437. The fraction of sp³-hybridized carbons (Fsp3) is 0.417. The monoisotopic (exact) mass is 499 g/mol. The molecule has 1 aromatic carbocycles. The molecular weight excluding hydrogens is 470 g/mol. The Labute approximate surface area is 207 Å². The normalized spacial score (nSPS) is 13.9. The molecule has 1 aliphatic rings. The minimum absolute atomic E-state index is 0.116. The zero-order valence-electron chi connectivity index (χ0n) is 19.7. The van der Waals surface area contributed by atoms with Gasteiger partial charge in [0.15, 0.2) is 28.2 Å². The van der Waals surface area contributed by atoms with E-state index in [-0.39, 0.29) is 36.6 Å². The number of nitrogens with one attached hydrogen (secondary N) is 1. The van der Waals surface area contributed by atoms with Gasteiger partial charge in [0.05, 0.1) is 31.3 Å². The number of furan rings is 1. The van der Waals surface area contributed by atoms with Gasteiger partial charge in [-0.3, -0.25) is 14.2 Å². The fourth-order valence-corrected chi connectivity index (χ4v) is 4.54. The maximum Gasteiger partial charge on any atom is 0.230 e. The molecule has 0 saturated carbocycles. The van der Waals surface area contributed by atoms with Gasteiger partial charge in [-0.2, -0.15) is 0 Å². The van der Waals surface area contributed by atoms with E-state index in [9.17, 15) is 9.59 Å². The molecule has 0 bridgehead atoms. The van der Waals surface area contributed by atoms with Gasteiger partial charge in [-0.1, -0.05) is 31.7 Å². The van der Waals surface area contributed by atoms with E-state index in [4.69, 9.17) is 19.6 Å². The maximum atomic E-state index is 12.9. The number of amides is 2. The molecule has 11 heteroatoms. The van der Waals surface area contributed by atoms with Crippen LogP contribution in [0.3, 0.4) is 0 Å². The van der Waals surface area contributed by atoms with E-state index in [0.29, 0.717) is 35.7 Å². The molecule has 0 saturated heterocycles. The lowest BCUT2D eigenvalue weighted by molar-refractivity contribution is -0.120. The Hall–Kier alpha value is -3.47. The zero-order valence-corrected chi connectivity index (χ0v) is 20.5. The third-order valence-electron chi connectivity index (χ3n) is 5.49. The second-order valence-corrected chi connectivity index (χ2v) is 9.43. The van der Waals surface area contributed by atoms with Crippen molar-refractivity contribution in [3.05, 3.63) is 42.2 Å². The van der Waals surface area contributed by atoms with E-state index in [1.807, 2.05) is 18.2 Å². The van der Waals surface area contributed by atoms with Crippen LogP contribution in [0.25, 0.3) is 11.6 Å². The van der Waals surface area contributed by atoms with Gasteiger partial charge in [-0.25, -0.2) is 0 Å². The molecule has 0 aliphatic carbocycles. The number of hydrogen-bond acceptors (Lipinski definition) is 8. The largest absolute Gasteiger partial charge is 0.490 e. The lowest BCUT2D eigenvalue weighted by Crippen LogP contribution is -2.33. The Balaban J connectivity index is 1.45. The van der Waals surface area contributed by atoms with Gasteiger partial charge >= 0.3 is 0 Å². The number of nitrogens with zero attached hydrogens (tertiary/aromatic N) is 3. The zero-order chi connectivity index (χ0) is 24.8. The summed E-state index contributed by atoms with van der Waals surface area (Å²) in [4.78, 5) is 24.3. The Morgan fingerprint density at radius 3 is 2.69 bits per heavy atom. The Kier molecular flexibility index (Phi) is 7.96. The highest BCUT2D eigenvalue weighted by atomic mass is 32.2. The summed E-state index contributed by atoms with van der Waals surface area (Å²) >= 11 is 1.24. The fourth-order valence-electron chi connectivity index (χ4n) is 3.76. The third-order valence-corrected chi connectivity index (χ3v) is 6.45. The van der Waals surface area contributed by atoms with Gasteiger partial charge in [0.1, 0.15) is 0 Å². The molecule has 2 amide bonds. The Morgan fingerprint density at radius 1 is 1.17 bits per heavy atom. The topological polar surface area (TPSA) is 135 Å². The van der Waals surface area contributed by atoms with Gasteiger partial charge in [0.25, 0.3) is 0 Å². The van der Waals surface area contributed by atoms with E-state index in [1.54, 1.807) is 16.7 Å². The maximum absolute atomic E-state index is 12.9. The van der Waals surface area contributed by atoms with Gasteiger partial charge in [0, 0.05) is 19.4 Å². The second kappa shape index (κ2) is 11.3. The predicted octanol–water partition coefficient (Wildman–Crippen LogP) is 3.18. The molecule has 3 aromatic rings. The van der Waals surface area contributed by atoms with Crippen molar-refractivity contribution in [1.29, 1.82) is 0 Å². The number of nitrogens with two attached hydrogens (primary N) is 1. The predicted molar refractivity (Wildman–Crippen MR) is 130 cm³/mol. The number of ether oxygens (including phenoxy) is 2. The molecule has 3 N–H and O–H groups in total. The number of rotatable bonds is 10. The highest BCUT2D eigenvalue weighted by Crippen LogP contribution is 2.34. The molecule has 0 fully saturated rings. The number of hydrogen-bond donors (Lipinski definition) is 2. The number of thioether (sulfide) groups is 1. The Morgan fingerprint density at radius 2 is 1.97 bits per heavy atom. The Bertz CT molecular complexity index is 1160. The van der Waals surface area contributed by atoms with Crippen molar-refractivity contribution in [1.82, 2.24) is 20.1 Å². The van der Waals surface area contributed by atoms with Gasteiger partial charge in [-0.15, -0.1) is 10.2 Å². The molecule has 1 unspecified atom stereocenters. The van der Waals surface area contributed by atoms with Crippen molar-refractivity contribution >= 4 is 23.6 Å². The highest BCUT2D eigenvalue weighted by molar-refractivity contribution is 7.99. The standard InChI is InChI=1S/C24H29N5O5S/c1-15(2)22(16-6-7-17-19(13-16)34-12-4-11-32-17)26-21(31)14-35-24-28-27-23(18-5-3-10-33-18)29(24)9-8-20(25)30/h3,5-7,10,13,15,22H,4,8-9,11-12,14H2,1-2H3,(H2,25,30)(H,26,31). The number of carbonyl (C=O) groups is 2. The van der Waals surface area contributed by atoms with Gasteiger partial charge in [-0.05, 0) is 35.7 Å². The van der Waals surface area contributed by atoms with Crippen LogP contribution in [0, 0.1) is 5.92 Å². The summed E-state index contributed by atoms with van der Waals surface area (Å²) in [5.41, 5.74) is 6.29. The van der Waals surface area contributed by atoms with Crippen LogP contribution >= 0.6 is 11.8 Å². The summed E-state index contributed by atoms with van der Waals surface area (Å²) in [7, 11) is 0. The summed E-state index contributed by atoms with van der Waals surface area (Å²) in [6.45, 7) is 5.62. The first kappa shape index (κ1) is 24.6. The first-order chi connectivity index (χ1) is 16.9. The van der Waals surface area contributed by atoms with E-state index >= 15 is 0 Å². The van der Waals surface area contributed by atoms with Crippen molar-refractivity contribution in [2.75, 3.05) is 19.0 Å². The molecule has 10 nitrogen and oxygen atoms in total. The number of fused-ring (bicyclic) bond motifs is 1.